The molecule has 0 fully saturated rings. The quantitative estimate of drug-likeness (QED) is 0.769. The molecule has 0 bridgehead atoms. The average Bonchev–Trinajstić information content (AvgIpc) is 2.82. The van der Waals surface area contributed by atoms with E-state index in [0.717, 1.165) is 25.1 Å². The van der Waals surface area contributed by atoms with Gasteiger partial charge in [-0.05, 0) is 30.7 Å². The molecule has 2 aliphatic rings. The highest BCUT2D eigenvalue weighted by molar-refractivity contribution is 5.54. The fourth-order valence-electron chi connectivity index (χ4n) is 2.61. The molecule has 0 spiro atoms. The van der Waals surface area contributed by atoms with Gasteiger partial charge in [-0.25, -0.2) is 4.39 Å². The van der Waals surface area contributed by atoms with Crippen molar-refractivity contribution in [1.29, 1.82) is 5.26 Å². The van der Waals surface area contributed by atoms with Crippen LogP contribution in [0.2, 0.25) is 0 Å². The van der Waals surface area contributed by atoms with Crippen molar-refractivity contribution in [2.75, 3.05) is 19.7 Å². The molecule has 2 heterocycles. The first kappa shape index (κ1) is 11.2. The zero-order valence-corrected chi connectivity index (χ0v) is 9.87. The highest BCUT2D eigenvalue weighted by Gasteiger charge is 2.30. The van der Waals surface area contributed by atoms with Crippen LogP contribution in [-0.4, -0.2) is 19.7 Å². The monoisotopic (exact) mass is 244 g/mol. The zero-order valence-electron chi connectivity index (χ0n) is 9.87. The Morgan fingerprint density at radius 3 is 3.06 bits per heavy atom. The minimum atomic E-state index is -0.370. The van der Waals surface area contributed by atoms with Crippen molar-refractivity contribution < 1.29 is 9.13 Å². The normalized spacial score (nSPS) is 21.8. The van der Waals surface area contributed by atoms with E-state index in [1.165, 1.54) is 17.7 Å². The Morgan fingerprint density at radius 1 is 1.44 bits per heavy atom. The molecule has 1 atom stereocenters. The Labute approximate surface area is 105 Å². The summed E-state index contributed by atoms with van der Waals surface area (Å²) in [7, 11) is 0. The molecule has 0 aromatic heterocycles. The lowest BCUT2D eigenvalue weighted by Gasteiger charge is -2.19. The summed E-state index contributed by atoms with van der Waals surface area (Å²) in [5, 5.41) is 12.3. The number of ether oxygens (including phenoxy) is 1. The highest BCUT2D eigenvalue weighted by atomic mass is 19.1. The number of nitrogens with zero attached hydrogens (tertiary/aromatic N) is 1. The van der Waals surface area contributed by atoms with Crippen LogP contribution in [0, 0.1) is 17.1 Å². The molecule has 0 aliphatic carbocycles. The number of hydrogen-bond donors (Lipinski definition) is 1. The topological polar surface area (TPSA) is 45.0 Å². The molecule has 3 nitrogen and oxygen atoms in total. The summed E-state index contributed by atoms with van der Waals surface area (Å²) in [5.74, 6) is 0.260. The van der Waals surface area contributed by atoms with Gasteiger partial charge >= 0.3 is 0 Å². The minimum Gasteiger partial charge on any atom is -0.491 e. The second kappa shape index (κ2) is 4.43. The molecule has 2 aliphatic heterocycles. The summed E-state index contributed by atoms with van der Waals surface area (Å²) in [5.41, 5.74) is 2.33. The average molecular weight is 244 g/mol. The van der Waals surface area contributed by atoms with Gasteiger partial charge in [0.15, 0.2) is 0 Å². The van der Waals surface area contributed by atoms with E-state index < -0.39 is 0 Å². The van der Waals surface area contributed by atoms with Crippen molar-refractivity contribution in [1.82, 2.24) is 5.32 Å². The summed E-state index contributed by atoms with van der Waals surface area (Å²) in [6.07, 6.45) is 3.18. The highest BCUT2D eigenvalue weighted by Crippen LogP contribution is 2.41. The molecule has 1 unspecified atom stereocenters. The fourth-order valence-corrected chi connectivity index (χ4v) is 2.61. The van der Waals surface area contributed by atoms with Crippen LogP contribution in [0.3, 0.4) is 0 Å². The molecular weight excluding hydrogens is 231 g/mol. The second-order valence-corrected chi connectivity index (χ2v) is 4.59. The van der Waals surface area contributed by atoms with E-state index in [2.05, 4.69) is 11.4 Å². The van der Waals surface area contributed by atoms with Crippen molar-refractivity contribution in [3.05, 3.63) is 40.7 Å². The Bertz CT molecular complexity index is 560. The van der Waals surface area contributed by atoms with Crippen molar-refractivity contribution in [3.63, 3.8) is 0 Å². The lowest BCUT2D eigenvalue weighted by atomic mass is 9.90. The molecule has 1 N–H and O–H groups in total. The Balaban J connectivity index is 2.04. The van der Waals surface area contributed by atoms with Gasteiger partial charge in [0.2, 0.25) is 0 Å². The van der Waals surface area contributed by atoms with E-state index in [9.17, 15) is 4.39 Å². The third-order valence-corrected chi connectivity index (χ3v) is 3.48. The number of hydrogen-bond acceptors (Lipinski definition) is 3. The Kier molecular flexibility index (Phi) is 2.77. The standard InChI is InChI=1S/C14H13FN2O/c15-11-4-10(6-16)14-12(5-11)13(8-18-14)9-2-1-3-17-7-9/h2,4-5,13,17H,1,3,7-8H2. The van der Waals surface area contributed by atoms with Crippen molar-refractivity contribution >= 4 is 0 Å². The van der Waals surface area contributed by atoms with Gasteiger partial charge in [0.25, 0.3) is 0 Å². The van der Waals surface area contributed by atoms with Crippen LogP contribution in [0.25, 0.3) is 0 Å². The second-order valence-electron chi connectivity index (χ2n) is 4.59. The fraction of sp³-hybridized carbons (Fsp3) is 0.357. The number of nitrogens with one attached hydrogen (secondary N) is 1. The van der Waals surface area contributed by atoms with Crippen LogP contribution in [0.15, 0.2) is 23.8 Å². The first-order valence-corrected chi connectivity index (χ1v) is 6.05. The molecule has 1 aromatic carbocycles. The number of fused-ring (bicyclic) bond motifs is 1. The number of halogens is 1. The summed E-state index contributed by atoms with van der Waals surface area (Å²) in [6, 6.07) is 4.71. The third kappa shape index (κ3) is 1.77. The van der Waals surface area contributed by atoms with Crippen LogP contribution in [0.1, 0.15) is 23.5 Å². The van der Waals surface area contributed by atoms with Crippen LogP contribution < -0.4 is 10.1 Å². The van der Waals surface area contributed by atoms with Crippen LogP contribution in [0.5, 0.6) is 5.75 Å². The van der Waals surface area contributed by atoms with Gasteiger partial charge in [0.05, 0.1) is 12.2 Å². The SMILES string of the molecule is N#Cc1cc(F)cc2c1OCC2C1=CCCNC1. The predicted molar refractivity (Wildman–Crippen MR) is 64.9 cm³/mol. The Hall–Kier alpha value is -1.86. The predicted octanol–water partition coefficient (Wildman–Crippen LogP) is 2.09. The van der Waals surface area contributed by atoms with E-state index in [0.29, 0.717) is 12.4 Å². The van der Waals surface area contributed by atoms with Gasteiger partial charge in [0, 0.05) is 18.0 Å². The Morgan fingerprint density at radius 2 is 2.33 bits per heavy atom. The van der Waals surface area contributed by atoms with Crippen molar-refractivity contribution in [2.45, 2.75) is 12.3 Å². The number of benzene rings is 1. The molecule has 1 aromatic rings. The van der Waals surface area contributed by atoms with Crippen LogP contribution in [0.4, 0.5) is 4.39 Å². The minimum absolute atomic E-state index is 0.0793. The maximum atomic E-state index is 13.5. The molecule has 0 saturated heterocycles. The molecule has 18 heavy (non-hydrogen) atoms. The summed E-state index contributed by atoms with van der Waals surface area (Å²) in [6.45, 7) is 2.30. The zero-order chi connectivity index (χ0) is 12.5. The summed E-state index contributed by atoms with van der Waals surface area (Å²) >= 11 is 0. The van der Waals surface area contributed by atoms with Gasteiger partial charge < -0.3 is 10.1 Å². The lowest BCUT2D eigenvalue weighted by Crippen LogP contribution is -2.25. The van der Waals surface area contributed by atoms with Gasteiger partial charge in [0.1, 0.15) is 17.6 Å². The molecule has 0 saturated carbocycles. The molecule has 0 amide bonds. The van der Waals surface area contributed by atoms with Gasteiger partial charge in [-0.1, -0.05) is 6.08 Å². The first-order valence-electron chi connectivity index (χ1n) is 6.05. The summed E-state index contributed by atoms with van der Waals surface area (Å²) < 4.78 is 19.1. The van der Waals surface area contributed by atoms with Crippen molar-refractivity contribution in [2.24, 2.45) is 0 Å². The van der Waals surface area contributed by atoms with Crippen LogP contribution >= 0.6 is 0 Å². The van der Waals surface area contributed by atoms with Gasteiger partial charge in [-0.15, -0.1) is 0 Å². The van der Waals surface area contributed by atoms with E-state index in [1.54, 1.807) is 0 Å². The molecule has 4 heteroatoms. The largest absolute Gasteiger partial charge is 0.491 e. The van der Waals surface area contributed by atoms with Gasteiger partial charge in [-0.3, -0.25) is 0 Å². The van der Waals surface area contributed by atoms with Crippen LogP contribution in [-0.2, 0) is 0 Å². The number of rotatable bonds is 1. The molecule has 0 radical (unpaired) electrons. The van der Waals surface area contributed by atoms with Crippen molar-refractivity contribution in [3.8, 4) is 11.8 Å². The molecule has 3 rings (SSSR count). The van der Waals surface area contributed by atoms with E-state index in [1.807, 2.05) is 6.07 Å². The maximum Gasteiger partial charge on any atom is 0.141 e. The maximum absolute atomic E-state index is 13.5. The molecular formula is C14H13FN2O. The van der Waals surface area contributed by atoms with E-state index in [-0.39, 0.29) is 17.3 Å². The first-order chi connectivity index (χ1) is 8.79. The smallest absolute Gasteiger partial charge is 0.141 e. The number of nitriles is 1. The third-order valence-electron chi connectivity index (χ3n) is 3.48. The van der Waals surface area contributed by atoms with E-state index in [4.69, 9.17) is 10.00 Å². The summed E-state index contributed by atoms with van der Waals surface area (Å²) in [4.78, 5) is 0. The van der Waals surface area contributed by atoms with Gasteiger partial charge in [-0.2, -0.15) is 5.26 Å². The molecule has 92 valence electrons. The lowest BCUT2D eigenvalue weighted by molar-refractivity contribution is 0.338. The van der Waals surface area contributed by atoms with E-state index >= 15 is 0 Å².